The fraction of sp³-hybridized carbons (Fsp3) is 0.526. The van der Waals surface area contributed by atoms with Gasteiger partial charge in [-0.3, -0.25) is 19.3 Å². The molecule has 4 rings (SSSR count). The molecular weight excluding hydrogens is 322 g/mol. The van der Waals surface area contributed by atoms with Gasteiger partial charge in [-0.1, -0.05) is 30.3 Å². The van der Waals surface area contributed by atoms with Crippen LogP contribution in [0.5, 0.6) is 0 Å². The summed E-state index contributed by atoms with van der Waals surface area (Å²) in [5.41, 5.74) is 0.861. The van der Waals surface area contributed by atoms with Crippen molar-refractivity contribution in [3.63, 3.8) is 0 Å². The van der Waals surface area contributed by atoms with E-state index in [4.69, 9.17) is 0 Å². The molecule has 2 N–H and O–H groups in total. The van der Waals surface area contributed by atoms with Gasteiger partial charge in [-0.2, -0.15) is 0 Å². The lowest BCUT2D eigenvalue weighted by molar-refractivity contribution is -0.156. The van der Waals surface area contributed by atoms with Crippen LogP contribution in [0.15, 0.2) is 30.3 Å². The summed E-state index contributed by atoms with van der Waals surface area (Å²) in [6.45, 7) is 0.204. The number of Topliss-reactive ketones (excluding diaryl/α,β-unsaturated/α-hetero) is 1. The van der Waals surface area contributed by atoms with Gasteiger partial charge in [-0.05, 0) is 18.4 Å². The van der Waals surface area contributed by atoms with Gasteiger partial charge in [-0.15, -0.1) is 0 Å². The number of benzene rings is 1. The fourth-order valence-corrected chi connectivity index (χ4v) is 4.83. The molecule has 1 saturated heterocycles. The number of rotatable bonds is 2. The normalized spacial score (nSPS) is 37.8. The summed E-state index contributed by atoms with van der Waals surface area (Å²) in [4.78, 5) is 39.3. The van der Waals surface area contributed by atoms with E-state index in [0.29, 0.717) is 12.8 Å². The van der Waals surface area contributed by atoms with Gasteiger partial charge in [0.1, 0.15) is 5.78 Å². The predicted octanol–water partition coefficient (Wildman–Crippen LogP) is 0.509. The van der Waals surface area contributed by atoms with E-state index in [1.807, 2.05) is 30.3 Å². The zero-order valence-electron chi connectivity index (χ0n) is 13.7. The van der Waals surface area contributed by atoms with Crippen LogP contribution in [0.1, 0.15) is 24.8 Å². The second-order valence-electron chi connectivity index (χ2n) is 7.37. The van der Waals surface area contributed by atoms with Crippen molar-refractivity contribution in [2.75, 3.05) is 0 Å². The van der Waals surface area contributed by atoms with Gasteiger partial charge >= 0.3 is 0 Å². The summed E-state index contributed by atoms with van der Waals surface area (Å²) >= 11 is 0. The van der Waals surface area contributed by atoms with Crippen LogP contribution in [0.3, 0.4) is 0 Å². The second-order valence-corrected chi connectivity index (χ2v) is 7.37. The zero-order chi connectivity index (χ0) is 17.7. The van der Waals surface area contributed by atoms with Crippen LogP contribution < -0.4 is 0 Å². The number of amides is 2. The third kappa shape index (κ3) is 2.51. The topological polar surface area (TPSA) is 94.9 Å². The minimum Gasteiger partial charge on any atom is -0.390 e. The highest BCUT2D eigenvalue weighted by Crippen LogP contribution is 2.49. The van der Waals surface area contributed by atoms with Crippen molar-refractivity contribution in [2.24, 2.45) is 23.7 Å². The highest BCUT2D eigenvalue weighted by molar-refractivity contribution is 6.06. The molecule has 1 aromatic carbocycles. The Kier molecular flexibility index (Phi) is 3.96. The van der Waals surface area contributed by atoms with Gasteiger partial charge in [0, 0.05) is 18.3 Å². The minimum absolute atomic E-state index is 0.0738. The monoisotopic (exact) mass is 343 g/mol. The third-order valence-electron chi connectivity index (χ3n) is 6.03. The number of ketones is 1. The molecule has 6 heteroatoms. The van der Waals surface area contributed by atoms with Crippen LogP contribution in [0.4, 0.5) is 0 Å². The van der Waals surface area contributed by atoms with Crippen molar-refractivity contribution in [1.82, 2.24) is 4.90 Å². The summed E-state index contributed by atoms with van der Waals surface area (Å²) < 4.78 is 0. The third-order valence-corrected chi connectivity index (χ3v) is 6.03. The molecule has 0 radical (unpaired) electrons. The summed E-state index contributed by atoms with van der Waals surface area (Å²) in [5, 5.41) is 20.4. The van der Waals surface area contributed by atoms with Crippen LogP contribution in [-0.2, 0) is 20.9 Å². The Morgan fingerprint density at radius 1 is 0.960 bits per heavy atom. The number of likely N-dealkylation sites (tertiary alicyclic amines) is 1. The smallest absolute Gasteiger partial charge is 0.233 e. The van der Waals surface area contributed by atoms with E-state index < -0.39 is 35.9 Å². The highest BCUT2D eigenvalue weighted by Gasteiger charge is 2.59. The van der Waals surface area contributed by atoms with Crippen LogP contribution in [0.25, 0.3) is 0 Å². The zero-order valence-corrected chi connectivity index (χ0v) is 13.7. The van der Waals surface area contributed by atoms with Gasteiger partial charge in [-0.25, -0.2) is 0 Å². The molecule has 2 saturated carbocycles. The first kappa shape index (κ1) is 16.4. The number of hydrogen-bond donors (Lipinski definition) is 2. The highest BCUT2D eigenvalue weighted by atomic mass is 16.3. The quantitative estimate of drug-likeness (QED) is 0.763. The number of hydrogen-bond acceptors (Lipinski definition) is 5. The minimum atomic E-state index is -1.15. The Labute approximate surface area is 145 Å². The number of carbonyl (C=O) groups is 3. The summed E-state index contributed by atoms with van der Waals surface area (Å²) in [7, 11) is 0. The van der Waals surface area contributed by atoms with Crippen molar-refractivity contribution in [3.05, 3.63) is 35.9 Å². The molecule has 2 aliphatic carbocycles. The lowest BCUT2D eigenvalue weighted by Gasteiger charge is -2.44. The first-order valence-corrected chi connectivity index (χ1v) is 8.77. The van der Waals surface area contributed by atoms with Crippen LogP contribution in [-0.4, -0.2) is 44.9 Å². The number of aliphatic hydroxyl groups is 2. The molecule has 0 aromatic heterocycles. The Morgan fingerprint density at radius 3 is 2.36 bits per heavy atom. The van der Waals surface area contributed by atoms with Gasteiger partial charge in [0.05, 0.1) is 30.6 Å². The average molecular weight is 343 g/mol. The first-order valence-electron chi connectivity index (χ1n) is 8.77. The van der Waals surface area contributed by atoms with E-state index in [0.717, 1.165) is 5.56 Å². The van der Waals surface area contributed by atoms with Crippen LogP contribution in [0.2, 0.25) is 0 Å². The SMILES string of the molecule is O=C1C[C@@H](O)C(O)[C@@H]2[C@@H]3C(=O)N(Cc4ccccc4)C(=O)[C@@H]3CC[C@@H]12. The standard InChI is InChI=1S/C19H21NO5/c21-13-8-14(22)17(23)15-11(13)6-7-12-16(15)19(25)20(18(12)24)9-10-4-2-1-3-5-10/h1-5,11-12,14-17,22-23H,6-9H2/t11-,12+,14+,15-,16+,17?/m0/s1. The van der Waals surface area contributed by atoms with Crippen molar-refractivity contribution in [2.45, 2.75) is 38.0 Å². The van der Waals surface area contributed by atoms with Gasteiger partial charge < -0.3 is 10.2 Å². The van der Waals surface area contributed by atoms with E-state index in [1.54, 1.807) is 0 Å². The number of carbonyl (C=O) groups excluding carboxylic acids is 3. The molecule has 3 fully saturated rings. The molecule has 25 heavy (non-hydrogen) atoms. The van der Waals surface area contributed by atoms with Crippen molar-refractivity contribution in [3.8, 4) is 0 Å². The van der Waals surface area contributed by atoms with Crippen molar-refractivity contribution >= 4 is 17.6 Å². The van der Waals surface area contributed by atoms with Gasteiger partial charge in [0.2, 0.25) is 11.8 Å². The maximum absolute atomic E-state index is 13.0. The maximum atomic E-state index is 13.0. The molecule has 6 nitrogen and oxygen atoms in total. The summed E-state index contributed by atoms with van der Waals surface area (Å²) in [6.07, 6.45) is -1.39. The first-order chi connectivity index (χ1) is 12.0. The molecule has 6 atom stereocenters. The molecule has 0 bridgehead atoms. The molecule has 132 valence electrons. The largest absolute Gasteiger partial charge is 0.390 e. The Balaban J connectivity index is 1.64. The molecule has 1 aromatic rings. The lowest BCUT2D eigenvalue weighted by atomic mass is 9.60. The molecule has 3 aliphatic rings. The summed E-state index contributed by atoms with van der Waals surface area (Å²) in [6, 6.07) is 9.28. The molecular formula is C19H21NO5. The second kappa shape index (κ2) is 6.04. The van der Waals surface area contributed by atoms with Crippen LogP contribution in [0, 0.1) is 23.7 Å². The van der Waals surface area contributed by atoms with E-state index in [-0.39, 0.29) is 30.6 Å². The van der Waals surface area contributed by atoms with Crippen molar-refractivity contribution in [1.29, 1.82) is 0 Å². The molecule has 1 unspecified atom stereocenters. The number of imide groups is 1. The molecule has 0 spiro atoms. The van der Waals surface area contributed by atoms with Gasteiger partial charge in [0.25, 0.3) is 0 Å². The Morgan fingerprint density at radius 2 is 1.64 bits per heavy atom. The maximum Gasteiger partial charge on any atom is 0.233 e. The van der Waals surface area contributed by atoms with Crippen LogP contribution >= 0.6 is 0 Å². The van der Waals surface area contributed by atoms with E-state index in [2.05, 4.69) is 0 Å². The molecule has 1 aliphatic heterocycles. The predicted molar refractivity (Wildman–Crippen MR) is 86.8 cm³/mol. The molecule has 1 heterocycles. The Hall–Kier alpha value is -2.05. The Bertz CT molecular complexity index is 718. The fourth-order valence-electron chi connectivity index (χ4n) is 4.83. The van der Waals surface area contributed by atoms with E-state index in [1.165, 1.54) is 4.90 Å². The number of aliphatic hydroxyl groups excluding tert-OH is 2. The lowest BCUT2D eigenvalue weighted by Crippen LogP contribution is -2.54. The number of nitrogens with zero attached hydrogens (tertiary/aromatic N) is 1. The van der Waals surface area contributed by atoms with E-state index >= 15 is 0 Å². The molecule has 2 amide bonds. The van der Waals surface area contributed by atoms with Gasteiger partial charge in [0.15, 0.2) is 0 Å². The van der Waals surface area contributed by atoms with E-state index in [9.17, 15) is 24.6 Å². The van der Waals surface area contributed by atoms with Crippen molar-refractivity contribution < 1.29 is 24.6 Å². The number of fused-ring (bicyclic) bond motifs is 3. The summed E-state index contributed by atoms with van der Waals surface area (Å²) in [5.74, 6) is -2.95. The average Bonchev–Trinajstić information content (AvgIpc) is 2.85.